The zero-order chi connectivity index (χ0) is 17.6. The van der Waals surface area contributed by atoms with Gasteiger partial charge in [-0.2, -0.15) is 0 Å². The Bertz CT molecular complexity index is 880. The van der Waals surface area contributed by atoms with E-state index in [-0.39, 0.29) is 25.3 Å². The standard InChI is InChI=1S/C19H16N2O4/c22-16-10-11-19(18(24)25)20(12-13-6-2-1-3-7-13)17(23)14-8-4-5-9-15(14)21(16)19/h1-9H,10-12H2,(H,24,25)/p-1/t19-/m0/s1. The van der Waals surface area contributed by atoms with Crippen molar-refractivity contribution in [2.24, 2.45) is 0 Å². The van der Waals surface area contributed by atoms with Crippen LogP contribution in [-0.2, 0) is 16.1 Å². The molecule has 0 spiro atoms. The Morgan fingerprint density at radius 1 is 1.04 bits per heavy atom. The van der Waals surface area contributed by atoms with Crippen LogP contribution >= 0.6 is 0 Å². The van der Waals surface area contributed by atoms with Crippen molar-refractivity contribution in [3.8, 4) is 0 Å². The van der Waals surface area contributed by atoms with Gasteiger partial charge < -0.3 is 14.8 Å². The maximum absolute atomic E-state index is 13.1. The van der Waals surface area contributed by atoms with Gasteiger partial charge in [0.25, 0.3) is 5.91 Å². The third kappa shape index (κ3) is 2.07. The van der Waals surface area contributed by atoms with Gasteiger partial charge in [-0.3, -0.25) is 14.5 Å². The number of rotatable bonds is 3. The van der Waals surface area contributed by atoms with Crippen LogP contribution in [0.1, 0.15) is 28.8 Å². The topological polar surface area (TPSA) is 80.8 Å². The fourth-order valence-corrected chi connectivity index (χ4v) is 3.74. The zero-order valence-electron chi connectivity index (χ0n) is 13.3. The SMILES string of the molecule is O=C1c2ccccc2N2C(=O)CC[C@]2(C(=O)[O-])N1Cc1ccccc1. The molecule has 25 heavy (non-hydrogen) atoms. The molecular weight excluding hydrogens is 320 g/mol. The molecule has 6 nitrogen and oxygen atoms in total. The molecule has 1 saturated heterocycles. The van der Waals surface area contributed by atoms with Crippen molar-refractivity contribution in [2.45, 2.75) is 25.0 Å². The van der Waals surface area contributed by atoms with Crippen LogP contribution in [0.25, 0.3) is 0 Å². The number of benzene rings is 2. The van der Waals surface area contributed by atoms with Crippen LogP contribution in [0.5, 0.6) is 0 Å². The van der Waals surface area contributed by atoms with Gasteiger partial charge in [-0.1, -0.05) is 42.5 Å². The van der Waals surface area contributed by atoms with E-state index >= 15 is 0 Å². The zero-order valence-corrected chi connectivity index (χ0v) is 13.3. The third-order valence-corrected chi connectivity index (χ3v) is 4.88. The molecule has 0 aliphatic carbocycles. The first-order valence-corrected chi connectivity index (χ1v) is 8.05. The molecule has 126 valence electrons. The summed E-state index contributed by atoms with van der Waals surface area (Å²) < 4.78 is 0. The number of carbonyl (C=O) groups excluding carboxylic acids is 3. The quantitative estimate of drug-likeness (QED) is 0.835. The monoisotopic (exact) mass is 335 g/mol. The van der Waals surface area contributed by atoms with E-state index < -0.39 is 17.5 Å². The lowest BCUT2D eigenvalue weighted by molar-refractivity contribution is -0.318. The number of nitrogens with zero attached hydrogens (tertiary/aromatic N) is 2. The van der Waals surface area contributed by atoms with E-state index in [4.69, 9.17) is 0 Å². The average Bonchev–Trinajstić information content (AvgIpc) is 2.98. The minimum Gasteiger partial charge on any atom is -0.545 e. The summed E-state index contributed by atoms with van der Waals surface area (Å²) in [7, 11) is 0. The smallest absolute Gasteiger partial charge is 0.258 e. The fourth-order valence-electron chi connectivity index (χ4n) is 3.74. The van der Waals surface area contributed by atoms with E-state index in [9.17, 15) is 19.5 Å². The lowest BCUT2D eigenvalue weighted by Gasteiger charge is -2.51. The lowest BCUT2D eigenvalue weighted by atomic mass is 9.96. The van der Waals surface area contributed by atoms with Gasteiger partial charge in [0.1, 0.15) is 0 Å². The van der Waals surface area contributed by atoms with Gasteiger partial charge >= 0.3 is 0 Å². The van der Waals surface area contributed by atoms with Gasteiger partial charge in [0.05, 0.1) is 17.2 Å². The first-order chi connectivity index (χ1) is 12.1. The molecule has 2 heterocycles. The third-order valence-electron chi connectivity index (χ3n) is 4.88. The molecule has 2 amide bonds. The van der Waals surface area contributed by atoms with E-state index in [1.54, 1.807) is 24.3 Å². The number of aliphatic carboxylic acids is 1. The first-order valence-electron chi connectivity index (χ1n) is 8.05. The van der Waals surface area contributed by atoms with Gasteiger partial charge in [-0.25, -0.2) is 0 Å². The van der Waals surface area contributed by atoms with E-state index in [1.165, 1.54) is 9.80 Å². The number of carbonyl (C=O) groups is 3. The minimum atomic E-state index is -1.78. The number of carboxylic acids is 1. The van der Waals surface area contributed by atoms with Crippen molar-refractivity contribution < 1.29 is 19.5 Å². The maximum atomic E-state index is 13.1. The van der Waals surface area contributed by atoms with E-state index in [0.29, 0.717) is 11.3 Å². The first kappa shape index (κ1) is 15.4. The number of para-hydroxylation sites is 1. The Morgan fingerprint density at radius 2 is 1.72 bits per heavy atom. The molecule has 0 radical (unpaired) electrons. The number of amides is 2. The van der Waals surface area contributed by atoms with Gasteiger partial charge in [-0.05, 0) is 17.7 Å². The van der Waals surface area contributed by atoms with E-state index in [1.807, 2.05) is 30.3 Å². The van der Waals surface area contributed by atoms with Crippen LogP contribution < -0.4 is 10.0 Å². The Labute approximate surface area is 144 Å². The van der Waals surface area contributed by atoms with Crippen molar-refractivity contribution in [3.05, 3.63) is 65.7 Å². The summed E-state index contributed by atoms with van der Waals surface area (Å²) in [5.74, 6) is -2.16. The van der Waals surface area contributed by atoms with Crippen molar-refractivity contribution >= 4 is 23.5 Å². The van der Waals surface area contributed by atoms with E-state index in [0.717, 1.165) is 5.56 Å². The van der Waals surface area contributed by atoms with Crippen LogP contribution in [0.3, 0.4) is 0 Å². The molecule has 4 rings (SSSR count). The summed E-state index contributed by atoms with van der Waals surface area (Å²) >= 11 is 0. The second-order valence-electron chi connectivity index (χ2n) is 6.23. The highest BCUT2D eigenvalue weighted by molar-refractivity contribution is 6.15. The van der Waals surface area contributed by atoms with Gasteiger partial charge in [-0.15, -0.1) is 0 Å². The Hall–Kier alpha value is -3.15. The molecule has 2 aliphatic heterocycles. The highest BCUT2D eigenvalue weighted by atomic mass is 16.4. The van der Waals surface area contributed by atoms with Gasteiger partial charge in [0.15, 0.2) is 5.66 Å². The second-order valence-corrected chi connectivity index (χ2v) is 6.23. The second kappa shape index (κ2) is 5.44. The van der Waals surface area contributed by atoms with Crippen LogP contribution in [0.2, 0.25) is 0 Å². The van der Waals surface area contributed by atoms with Crippen molar-refractivity contribution in [3.63, 3.8) is 0 Å². The van der Waals surface area contributed by atoms with Crippen LogP contribution in [0, 0.1) is 0 Å². The molecule has 1 atom stereocenters. The predicted octanol–water partition coefficient (Wildman–Crippen LogP) is 0.916. The summed E-state index contributed by atoms with van der Waals surface area (Å²) in [5.41, 5.74) is -0.331. The molecule has 0 bridgehead atoms. The summed E-state index contributed by atoms with van der Waals surface area (Å²) in [6.45, 7) is 0.0891. The lowest BCUT2D eigenvalue weighted by Crippen LogP contribution is -2.71. The summed E-state index contributed by atoms with van der Waals surface area (Å²) in [5, 5.41) is 12.2. The molecule has 2 aromatic rings. The molecular formula is C19H15N2O4-. The molecule has 0 unspecified atom stereocenters. The van der Waals surface area contributed by atoms with Crippen LogP contribution in [0.4, 0.5) is 5.69 Å². The van der Waals surface area contributed by atoms with E-state index in [2.05, 4.69) is 0 Å². The molecule has 2 aromatic carbocycles. The predicted molar refractivity (Wildman–Crippen MR) is 87.2 cm³/mol. The highest BCUT2D eigenvalue weighted by Crippen LogP contribution is 2.44. The largest absolute Gasteiger partial charge is 0.545 e. The Morgan fingerprint density at radius 3 is 2.44 bits per heavy atom. The maximum Gasteiger partial charge on any atom is 0.258 e. The Balaban J connectivity index is 1.91. The summed E-state index contributed by atoms with van der Waals surface area (Å²) in [6.07, 6.45) is 0.0714. The van der Waals surface area contributed by atoms with Gasteiger partial charge in [0, 0.05) is 19.4 Å². The molecule has 0 aromatic heterocycles. The summed E-state index contributed by atoms with van der Waals surface area (Å²) in [4.78, 5) is 40.2. The minimum absolute atomic E-state index is 0.0150. The van der Waals surface area contributed by atoms with Crippen molar-refractivity contribution in [2.75, 3.05) is 4.90 Å². The average molecular weight is 335 g/mol. The molecule has 6 heteroatoms. The van der Waals surface area contributed by atoms with Crippen molar-refractivity contribution in [1.82, 2.24) is 4.90 Å². The normalized spacial score (nSPS) is 21.9. The van der Waals surface area contributed by atoms with Crippen LogP contribution in [0.15, 0.2) is 54.6 Å². The number of carboxylic acid groups (broad SMARTS) is 1. The van der Waals surface area contributed by atoms with Crippen molar-refractivity contribution in [1.29, 1.82) is 0 Å². The molecule has 0 N–H and O–H groups in total. The molecule has 2 aliphatic rings. The highest BCUT2D eigenvalue weighted by Gasteiger charge is 2.57. The van der Waals surface area contributed by atoms with Gasteiger partial charge in [0.2, 0.25) is 5.91 Å². The molecule has 0 saturated carbocycles. The summed E-state index contributed by atoms with van der Waals surface area (Å²) in [6, 6.07) is 15.7. The Kier molecular flexibility index (Phi) is 3.35. The fraction of sp³-hybridized carbons (Fsp3) is 0.211. The molecule has 1 fully saturated rings. The number of anilines is 1. The van der Waals surface area contributed by atoms with Crippen LogP contribution in [-0.4, -0.2) is 28.3 Å². The number of fused-ring (bicyclic) bond motifs is 3. The number of hydrogen-bond donors (Lipinski definition) is 0. The number of hydrogen-bond acceptors (Lipinski definition) is 4.